The van der Waals surface area contributed by atoms with Crippen molar-refractivity contribution in [2.45, 2.75) is 18.3 Å². The number of nitrogens with one attached hydrogen (secondary N) is 1. The van der Waals surface area contributed by atoms with E-state index in [2.05, 4.69) is 15.5 Å². The van der Waals surface area contributed by atoms with E-state index in [0.717, 1.165) is 31.5 Å². The lowest BCUT2D eigenvalue weighted by Gasteiger charge is -2.33. The quantitative estimate of drug-likeness (QED) is 0.928. The number of nitrogens with zero attached hydrogens (tertiary/aromatic N) is 2. The Morgan fingerprint density at radius 1 is 1.47 bits per heavy atom. The van der Waals surface area contributed by atoms with E-state index >= 15 is 0 Å². The molecule has 1 fully saturated rings. The zero-order valence-electron chi connectivity index (χ0n) is 10.9. The third-order valence-corrected chi connectivity index (χ3v) is 4.32. The summed E-state index contributed by atoms with van der Waals surface area (Å²) >= 11 is 1.63. The minimum absolute atomic E-state index is 0.138. The standard InChI is InChI=1S/C13H17N3O2S/c1-17-9-13(3-5-14-6-4-13)12-15-11(16-18-12)10-2-7-19-8-10/h2,7-8,14H,3-6,9H2,1H3. The van der Waals surface area contributed by atoms with Crippen LogP contribution in [0.1, 0.15) is 18.7 Å². The Hall–Kier alpha value is -1.24. The average molecular weight is 279 g/mol. The number of methoxy groups -OCH3 is 1. The molecule has 0 atom stereocenters. The van der Waals surface area contributed by atoms with Crippen LogP contribution in [0.25, 0.3) is 11.4 Å². The van der Waals surface area contributed by atoms with Crippen molar-refractivity contribution in [2.75, 3.05) is 26.8 Å². The van der Waals surface area contributed by atoms with Gasteiger partial charge in [-0.1, -0.05) is 5.16 Å². The molecule has 0 saturated carbocycles. The molecule has 102 valence electrons. The molecule has 5 nitrogen and oxygen atoms in total. The van der Waals surface area contributed by atoms with Crippen LogP contribution in [0, 0.1) is 0 Å². The first-order valence-corrected chi connectivity index (χ1v) is 7.35. The lowest BCUT2D eigenvalue weighted by atomic mass is 9.79. The van der Waals surface area contributed by atoms with Gasteiger partial charge < -0.3 is 14.6 Å². The van der Waals surface area contributed by atoms with Gasteiger partial charge in [0.05, 0.1) is 12.0 Å². The first-order valence-electron chi connectivity index (χ1n) is 6.40. The molecule has 0 amide bonds. The summed E-state index contributed by atoms with van der Waals surface area (Å²) in [5, 5.41) is 11.5. The van der Waals surface area contributed by atoms with E-state index in [1.54, 1.807) is 18.4 Å². The second-order valence-electron chi connectivity index (χ2n) is 4.90. The van der Waals surface area contributed by atoms with Gasteiger partial charge in [-0.3, -0.25) is 0 Å². The van der Waals surface area contributed by atoms with Crippen molar-refractivity contribution in [1.82, 2.24) is 15.5 Å². The fourth-order valence-corrected chi connectivity index (χ4v) is 3.18. The van der Waals surface area contributed by atoms with Crippen LogP contribution in [-0.4, -0.2) is 36.9 Å². The van der Waals surface area contributed by atoms with Crippen LogP contribution in [0.15, 0.2) is 21.3 Å². The first kappa shape index (κ1) is 12.8. The Morgan fingerprint density at radius 2 is 2.32 bits per heavy atom. The lowest BCUT2D eigenvalue weighted by Crippen LogP contribution is -2.43. The molecule has 2 aromatic heterocycles. The average Bonchev–Trinajstić information content (AvgIpc) is 3.11. The molecule has 2 aromatic rings. The van der Waals surface area contributed by atoms with Crippen molar-refractivity contribution >= 4 is 11.3 Å². The number of hydrogen-bond acceptors (Lipinski definition) is 6. The number of aromatic nitrogens is 2. The van der Waals surface area contributed by atoms with Crippen LogP contribution in [0.4, 0.5) is 0 Å². The van der Waals surface area contributed by atoms with Gasteiger partial charge in [0, 0.05) is 18.1 Å². The molecule has 0 radical (unpaired) electrons. The van der Waals surface area contributed by atoms with Gasteiger partial charge in [0.15, 0.2) is 0 Å². The topological polar surface area (TPSA) is 60.2 Å². The second-order valence-corrected chi connectivity index (χ2v) is 5.68. The van der Waals surface area contributed by atoms with Gasteiger partial charge in [0.1, 0.15) is 0 Å². The van der Waals surface area contributed by atoms with Crippen molar-refractivity contribution < 1.29 is 9.26 Å². The van der Waals surface area contributed by atoms with Crippen molar-refractivity contribution in [3.05, 3.63) is 22.7 Å². The molecule has 0 aromatic carbocycles. The Bertz CT molecular complexity index is 512. The molecular formula is C13H17N3O2S. The monoisotopic (exact) mass is 279 g/mol. The van der Waals surface area contributed by atoms with Crippen LogP contribution < -0.4 is 5.32 Å². The summed E-state index contributed by atoms with van der Waals surface area (Å²) in [7, 11) is 1.72. The van der Waals surface area contributed by atoms with Crippen molar-refractivity contribution in [3.63, 3.8) is 0 Å². The lowest BCUT2D eigenvalue weighted by molar-refractivity contribution is 0.0850. The van der Waals surface area contributed by atoms with Gasteiger partial charge in [0.2, 0.25) is 11.7 Å². The van der Waals surface area contributed by atoms with Gasteiger partial charge in [-0.15, -0.1) is 0 Å². The highest BCUT2D eigenvalue weighted by Gasteiger charge is 2.39. The Morgan fingerprint density at radius 3 is 3.00 bits per heavy atom. The smallest absolute Gasteiger partial charge is 0.235 e. The zero-order valence-corrected chi connectivity index (χ0v) is 11.7. The normalized spacial score (nSPS) is 18.6. The first-order chi connectivity index (χ1) is 9.34. The van der Waals surface area contributed by atoms with Crippen molar-refractivity contribution in [3.8, 4) is 11.4 Å². The number of thiophene rings is 1. The molecule has 19 heavy (non-hydrogen) atoms. The number of piperidine rings is 1. The van der Waals surface area contributed by atoms with Crippen LogP contribution in [-0.2, 0) is 10.2 Å². The third-order valence-electron chi connectivity index (χ3n) is 3.64. The number of hydrogen-bond donors (Lipinski definition) is 1. The minimum Gasteiger partial charge on any atom is -0.384 e. The largest absolute Gasteiger partial charge is 0.384 e. The predicted molar refractivity (Wildman–Crippen MR) is 73.3 cm³/mol. The summed E-state index contributed by atoms with van der Waals surface area (Å²) in [6, 6.07) is 2.00. The van der Waals surface area contributed by atoms with E-state index in [4.69, 9.17) is 9.26 Å². The van der Waals surface area contributed by atoms with Crippen LogP contribution in [0.3, 0.4) is 0 Å². The van der Waals surface area contributed by atoms with Gasteiger partial charge in [-0.25, -0.2) is 0 Å². The molecule has 0 bridgehead atoms. The van der Waals surface area contributed by atoms with Crippen LogP contribution >= 0.6 is 11.3 Å². The molecule has 3 heterocycles. The fraction of sp³-hybridized carbons (Fsp3) is 0.538. The van der Waals surface area contributed by atoms with Gasteiger partial charge >= 0.3 is 0 Å². The molecule has 0 aliphatic carbocycles. The molecule has 0 unspecified atom stereocenters. The maximum Gasteiger partial charge on any atom is 0.235 e. The fourth-order valence-electron chi connectivity index (χ4n) is 2.55. The van der Waals surface area contributed by atoms with E-state index in [1.165, 1.54) is 0 Å². The number of ether oxygens (including phenoxy) is 1. The van der Waals surface area contributed by atoms with Gasteiger partial charge in [-0.05, 0) is 37.4 Å². The highest BCUT2D eigenvalue weighted by molar-refractivity contribution is 7.08. The Kier molecular flexibility index (Phi) is 3.63. The summed E-state index contributed by atoms with van der Waals surface area (Å²) in [5.41, 5.74) is 0.878. The van der Waals surface area contributed by atoms with E-state index in [9.17, 15) is 0 Å². The van der Waals surface area contributed by atoms with E-state index in [1.807, 2.05) is 16.8 Å². The number of rotatable bonds is 4. The maximum atomic E-state index is 5.52. The molecule has 1 aliphatic heterocycles. The molecule has 1 N–H and O–H groups in total. The highest BCUT2D eigenvalue weighted by atomic mass is 32.1. The summed E-state index contributed by atoms with van der Waals surface area (Å²) in [5.74, 6) is 1.38. The summed E-state index contributed by atoms with van der Waals surface area (Å²) < 4.78 is 10.9. The van der Waals surface area contributed by atoms with Crippen LogP contribution in [0.2, 0.25) is 0 Å². The summed E-state index contributed by atoms with van der Waals surface area (Å²) in [6.45, 7) is 2.54. The molecule has 1 aliphatic rings. The second kappa shape index (κ2) is 5.40. The maximum absolute atomic E-state index is 5.52. The van der Waals surface area contributed by atoms with Crippen molar-refractivity contribution in [2.24, 2.45) is 0 Å². The molecule has 3 rings (SSSR count). The predicted octanol–water partition coefficient (Wildman–Crippen LogP) is 2.07. The van der Waals surface area contributed by atoms with E-state index in [0.29, 0.717) is 18.3 Å². The minimum atomic E-state index is -0.138. The van der Waals surface area contributed by atoms with Gasteiger partial charge in [-0.2, -0.15) is 16.3 Å². The third kappa shape index (κ3) is 2.43. The molecular weight excluding hydrogens is 262 g/mol. The Labute approximate surface area is 116 Å². The molecule has 6 heteroatoms. The summed E-state index contributed by atoms with van der Waals surface area (Å²) in [4.78, 5) is 4.59. The molecule has 1 saturated heterocycles. The van der Waals surface area contributed by atoms with E-state index in [-0.39, 0.29) is 5.41 Å². The molecule has 0 spiro atoms. The summed E-state index contributed by atoms with van der Waals surface area (Å²) in [6.07, 6.45) is 1.93. The van der Waals surface area contributed by atoms with E-state index < -0.39 is 0 Å². The van der Waals surface area contributed by atoms with Gasteiger partial charge in [0.25, 0.3) is 0 Å². The van der Waals surface area contributed by atoms with Crippen LogP contribution in [0.5, 0.6) is 0 Å². The van der Waals surface area contributed by atoms with Crippen molar-refractivity contribution in [1.29, 1.82) is 0 Å². The zero-order chi connectivity index (χ0) is 13.1. The highest BCUT2D eigenvalue weighted by Crippen LogP contribution is 2.34. The SMILES string of the molecule is COCC1(c2nc(-c3ccsc3)no2)CCNCC1. The Balaban J connectivity index is 1.90.